The Balaban J connectivity index is 1.54. The van der Waals surface area contributed by atoms with Crippen LogP contribution < -0.4 is 10.2 Å². The van der Waals surface area contributed by atoms with Crippen LogP contribution in [0.25, 0.3) is 5.69 Å². The van der Waals surface area contributed by atoms with E-state index in [-0.39, 0.29) is 11.7 Å². The number of carbonyl (C=O) groups is 2. The zero-order valence-electron chi connectivity index (χ0n) is 16.7. The monoisotopic (exact) mass is 477 g/mol. The molecule has 0 spiro atoms. The van der Waals surface area contributed by atoms with Crippen molar-refractivity contribution in [3.8, 4) is 5.69 Å². The largest absolute Gasteiger partial charge is 0.465 e. The number of nitrogens with one attached hydrogen (secondary N) is 1. The minimum atomic E-state index is -0.480. The zero-order valence-corrected chi connectivity index (χ0v) is 19.1. The topological polar surface area (TPSA) is 89.3 Å². The summed E-state index contributed by atoms with van der Waals surface area (Å²) in [6.07, 6.45) is 2.20. The lowest BCUT2D eigenvalue weighted by Crippen LogP contribution is -2.22. The third-order valence-electron chi connectivity index (χ3n) is 4.74. The number of thioether (sulfide) groups is 1. The highest BCUT2D eigenvalue weighted by molar-refractivity contribution is 7.99. The first kappa shape index (κ1) is 21.7. The average molecular weight is 478 g/mol. The number of para-hydroxylation sites is 1. The molecule has 0 saturated carbocycles. The van der Waals surface area contributed by atoms with Crippen molar-refractivity contribution >= 4 is 58.2 Å². The molecule has 3 aromatic rings. The number of aromatic nitrogens is 3. The molecule has 1 amide bonds. The number of hydrogen-bond acceptors (Lipinski definition) is 8. The van der Waals surface area contributed by atoms with Crippen LogP contribution in [-0.2, 0) is 9.53 Å². The van der Waals surface area contributed by atoms with E-state index in [2.05, 4.69) is 20.4 Å². The predicted octanol–water partition coefficient (Wildman–Crippen LogP) is 4.10. The van der Waals surface area contributed by atoms with Crippen molar-refractivity contribution in [2.24, 2.45) is 0 Å². The lowest BCUT2D eigenvalue weighted by Gasteiger charge is -2.19. The number of halogens is 1. The molecule has 0 radical (unpaired) electrons. The SMILES string of the molecule is COC(=O)c1sccc1NC(=O)CSc1nnc(N2CCCC2)n1-c1ccccc1Cl. The van der Waals surface area contributed by atoms with E-state index in [1.165, 1.54) is 30.2 Å². The van der Waals surface area contributed by atoms with Crippen LogP contribution in [0, 0.1) is 0 Å². The molecular formula is C20H20ClN5O3S2. The third-order valence-corrected chi connectivity index (χ3v) is 6.88. The van der Waals surface area contributed by atoms with Gasteiger partial charge >= 0.3 is 5.97 Å². The molecule has 0 bridgehead atoms. The van der Waals surface area contributed by atoms with Crippen molar-refractivity contribution in [1.29, 1.82) is 0 Å². The van der Waals surface area contributed by atoms with E-state index in [1.54, 1.807) is 11.4 Å². The van der Waals surface area contributed by atoms with Crippen LogP contribution in [0.1, 0.15) is 22.5 Å². The number of methoxy groups -OCH3 is 1. The van der Waals surface area contributed by atoms with Crippen LogP contribution in [0.5, 0.6) is 0 Å². The first-order valence-corrected chi connectivity index (χ1v) is 11.9. The number of esters is 1. The van der Waals surface area contributed by atoms with E-state index in [0.717, 1.165) is 37.6 Å². The number of ether oxygens (including phenoxy) is 1. The van der Waals surface area contributed by atoms with E-state index in [1.807, 2.05) is 28.8 Å². The summed E-state index contributed by atoms with van der Waals surface area (Å²) in [7, 11) is 1.31. The predicted molar refractivity (Wildman–Crippen MR) is 123 cm³/mol. The van der Waals surface area contributed by atoms with Crippen molar-refractivity contribution in [2.75, 3.05) is 36.2 Å². The number of thiophene rings is 1. The molecule has 4 rings (SSSR count). The quantitative estimate of drug-likeness (QED) is 0.404. The smallest absolute Gasteiger partial charge is 0.350 e. The zero-order chi connectivity index (χ0) is 21.8. The molecule has 162 valence electrons. The van der Waals surface area contributed by atoms with Gasteiger partial charge in [-0.1, -0.05) is 35.5 Å². The Kier molecular flexibility index (Phi) is 6.79. The van der Waals surface area contributed by atoms with Gasteiger partial charge in [0.1, 0.15) is 4.88 Å². The number of nitrogens with zero attached hydrogens (tertiary/aromatic N) is 4. The molecule has 1 saturated heterocycles. The van der Waals surface area contributed by atoms with Crippen LogP contribution in [0.3, 0.4) is 0 Å². The molecule has 8 nitrogen and oxygen atoms in total. The van der Waals surface area contributed by atoms with Crippen molar-refractivity contribution in [2.45, 2.75) is 18.0 Å². The average Bonchev–Trinajstić information content (AvgIpc) is 3.52. The summed E-state index contributed by atoms with van der Waals surface area (Å²) in [5.41, 5.74) is 1.21. The molecule has 11 heteroatoms. The summed E-state index contributed by atoms with van der Waals surface area (Å²) < 4.78 is 6.65. The van der Waals surface area contributed by atoms with Crippen molar-refractivity contribution in [3.63, 3.8) is 0 Å². The van der Waals surface area contributed by atoms with Gasteiger partial charge in [0.25, 0.3) is 0 Å². The molecule has 0 unspecified atom stereocenters. The molecule has 0 aliphatic carbocycles. The lowest BCUT2D eigenvalue weighted by atomic mass is 10.3. The molecule has 1 aromatic carbocycles. The summed E-state index contributed by atoms with van der Waals surface area (Å²) in [6, 6.07) is 9.17. The van der Waals surface area contributed by atoms with Crippen LogP contribution in [0.4, 0.5) is 11.6 Å². The molecule has 2 aromatic heterocycles. The number of hydrogen-bond donors (Lipinski definition) is 1. The summed E-state index contributed by atoms with van der Waals surface area (Å²) in [5.74, 6) is 0.0787. The van der Waals surface area contributed by atoms with Crippen LogP contribution in [-0.4, -0.2) is 52.6 Å². The second kappa shape index (κ2) is 9.71. The fourth-order valence-corrected chi connectivity index (χ4v) is 5.02. The maximum Gasteiger partial charge on any atom is 0.350 e. The Morgan fingerprint density at radius 3 is 2.74 bits per heavy atom. The number of carbonyl (C=O) groups excluding carboxylic acids is 2. The van der Waals surface area contributed by atoms with E-state index in [9.17, 15) is 9.59 Å². The molecule has 1 N–H and O–H groups in total. The van der Waals surface area contributed by atoms with Gasteiger partial charge in [-0.25, -0.2) is 4.79 Å². The van der Waals surface area contributed by atoms with Gasteiger partial charge in [0.05, 0.1) is 29.3 Å². The number of amides is 1. The Labute approximate surface area is 192 Å². The molecule has 1 fully saturated rings. The lowest BCUT2D eigenvalue weighted by molar-refractivity contribution is -0.113. The minimum Gasteiger partial charge on any atom is -0.465 e. The van der Waals surface area contributed by atoms with Crippen molar-refractivity contribution in [1.82, 2.24) is 14.8 Å². The minimum absolute atomic E-state index is 0.0963. The van der Waals surface area contributed by atoms with Gasteiger partial charge < -0.3 is 15.0 Å². The molecule has 3 heterocycles. The normalized spacial score (nSPS) is 13.4. The van der Waals surface area contributed by atoms with E-state index < -0.39 is 5.97 Å². The summed E-state index contributed by atoms with van der Waals surface area (Å²) in [6.45, 7) is 1.81. The van der Waals surface area contributed by atoms with Crippen molar-refractivity contribution < 1.29 is 14.3 Å². The second-order valence-corrected chi connectivity index (χ2v) is 9.02. The van der Waals surface area contributed by atoms with Crippen LogP contribution in [0.15, 0.2) is 40.9 Å². The van der Waals surface area contributed by atoms with E-state index >= 15 is 0 Å². The molecule has 31 heavy (non-hydrogen) atoms. The summed E-state index contributed by atoms with van der Waals surface area (Å²) in [5, 5.41) is 14.4. The fraction of sp³-hybridized carbons (Fsp3) is 0.300. The van der Waals surface area contributed by atoms with Gasteiger partial charge in [0.15, 0.2) is 5.16 Å². The highest BCUT2D eigenvalue weighted by Crippen LogP contribution is 2.32. The Bertz CT molecular complexity index is 1090. The van der Waals surface area contributed by atoms with Gasteiger partial charge in [0.2, 0.25) is 11.9 Å². The highest BCUT2D eigenvalue weighted by Gasteiger charge is 2.24. The number of rotatable bonds is 7. The maximum atomic E-state index is 12.6. The third kappa shape index (κ3) is 4.70. The van der Waals surface area contributed by atoms with Gasteiger partial charge in [-0.15, -0.1) is 21.5 Å². The van der Waals surface area contributed by atoms with Gasteiger partial charge in [-0.2, -0.15) is 0 Å². The van der Waals surface area contributed by atoms with Crippen molar-refractivity contribution in [3.05, 3.63) is 45.6 Å². The molecule has 0 atom stereocenters. The second-order valence-electron chi connectivity index (χ2n) is 6.76. The maximum absolute atomic E-state index is 12.6. The molecular weight excluding hydrogens is 458 g/mol. The van der Waals surface area contributed by atoms with Gasteiger partial charge in [0, 0.05) is 13.1 Å². The Morgan fingerprint density at radius 2 is 2.00 bits per heavy atom. The summed E-state index contributed by atoms with van der Waals surface area (Å²) in [4.78, 5) is 26.9. The van der Waals surface area contributed by atoms with Crippen LogP contribution >= 0.6 is 34.7 Å². The van der Waals surface area contributed by atoms with Gasteiger partial charge in [-0.05, 0) is 36.4 Å². The standard InChI is InChI=1S/C20H20ClN5O3S2/c1-29-18(28)17-14(8-11-30-17)22-16(27)12-31-20-24-23-19(25-9-4-5-10-25)26(20)15-7-3-2-6-13(15)21/h2-3,6-8,11H,4-5,9-10,12H2,1H3,(H,22,27). The fourth-order valence-electron chi connectivity index (χ4n) is 3.30. The highest BCUT2D eigenvalue weighted by atomic mass is 35.5. The first-order valence-electron chi connectivity index (χ1n) is 9.62. The Morgan fingerprint density at radius 1 is 1.23 bits per heavy atom. The van der Waals surface area contributed by atoms with E-state index in [0.29, 0.717) is 20.7 Å². The number of benzene rings is 1. The molecule has 1 aliphatic rings. The van der Waals surface area contributed by atoms with Gasteiger partial charge in [-0.3, -0.25) is 9.36 Å². The molecule has 1 aliphatic heterocycles. The summed E-state index contributed by atoms with van der Waals surface area (Å²) >= 11 is 8.93. The first-order chi connectivity index (χ1) is 15.1. The Hall–Kier alpha value is -2.56. The number of anilines is 2. The van der Waals surface area contributed by atoms with E-state index in [4.69, 9.17) is 16.3 Å². The van der Waals surface area contributed by atoms with Crippen LogP contribution in [0.2, 0.25) is 5.02 Å².